The van der Waals surface area contributed by atoms with E-state index >= 15 is 0 Å². The molecule has 1 atom stereocenters. The molecule has 26 heavy (non-hydrogen) atoms. The molecule has 0 aromatic heterocycles. The third-order valence-corrected chi connectivity index (χ3v) is 4.41. The van der Waals surface area contributed by atoms with Crippen LogP contribution < -0.4 is 5.32 Å². The van der Waals surface area contributed by atoms with Gasteiger partial charge in [0, 0.05) is 19.2 Å². The first-order chi connectivity index (χ1) is 12.3. The fraction of sp³-hybridized carbons (Fsp3) is 0.300. The third kappa shape index (κ3) is 4.82. The van der Waals surface area contributed by atoms with Crippen LogP contribution in [0.3, 0.4) is 0 Å². The molecule has 1 N–H and O–H groups in total. The maximum absolute atomic E-state index is 13.8. The van der Waals surface area contributed by atoms with Crippen LogP contribution in [0.1, 0.15) is 29.8 Å². The number of hydrogen-bond donors (Lipinski definition) is 1. The van der Waals surface area contributed by atoms with Crippen molar-refractivity contribution in [3.05, 3.63) is 70.5 Å². The van der Waals surface area contributed by atoms with Crippen molar-refractivity contribution in [1.82, 2.24) is 10.2 Å². The van der Waals surface area contributed by atoms with E-state index < -0.39 is 11.9 Å². The van der Waals surface area contributed by atoms with Gasteiger partial charge in [0.25, 0.3) is 5.91 Å². The summed E-state index contributed by atoms with van der Waals surface area (Å²) in [6, 6.07) is 12.2. The number of hydrogen-bond acceptors (Lipinski definition) is 2. The van der Waals surface area contributed by atoms with Crippen LogP contribution in [0.15, 0.2) is 48.5 Å². The van der Waals surface area contributed by atoms with Crippen molar-refractivity contribution >= 4 is 23.4 Å². The van der Waals surface area contributed by atoms with E-state index in [2.05, 4.69) is 5.32 Å². The molecule has 0 heterocycles. The minimum absolute atomic E-state index is 0.122. The smallest absolute Gasteiger partial charge is 0.253 e. The first kappa shape index (κ1) is 19.9. The summed E-state index contributed by atoms with van der Waals surface area (Å²) in [5.41, 5.74) is 0.729. The Labute approximate surface area is 158 Å². The van der Waals surface area contributed by atoms with Crippen LogP contribution in [0.5, 0.6) is 0 Å². The summed E-state index contributed by atoms with van der Waals surface area (Å²) in [5.74, 6) is -1.21. The molecule has 0 aliphatic heterocycles. The normalized spacial score (nSPS) is 11.9. The number of carbonyl (C=O) groups excluding carboxylic acids is 2. The van der Waals surface area contributed by atoms with Crippen LogP contribution >= 0.6 is 11.6 Å². The van der Waals surface area contributed by atoms with Crippen LogP contribution in [-0.4, -0.2) is 29.8 Å². The standard InChI is InChI=1S/C20H22ClFN2O2/c1-13(2)18(23-19(25)15-9-5-6-10-16(15)21)20(26)24(3)12-14-8-4-7-11-17(14)22/h4-11,13,18H,12H2,1-3H3,(H,23,25). The summed E-state index contributed by atoms with van der Waals surface area (Å²) in [7, 11) is 1.59. The Morgan fingerprint density at radius 1 is 1.12 bits per heavy atom. The summed E-state index contributed by atoms with van der Waals surface area (Å²) >= 11 is 6.05. The van der Waals surface area contributed by atoms with Crippen molar-refractivity contribution < 1.29 is 14.0 Å². The fourth-order valence-corrected chi connectivity index (χ4v) is 2.80. The SMILES string of the molecule is CC(C)C(NC(=O)c1ccccc1Cl)C(=O)N(C)Cc1ccccc1F. The first-order valence-electron chi connectivity index (χ1n) is 8.35. The molecule has 2 aromatic carbocycles. The summed E-state index contributed by atoms with van der Waals surface area (Å²) in [4.78, 5) is 26.7. The minimum Gasteiger partial charge on any atom is -0.340 e. The molecule has 1 unspecified atom stereocenters. The van der Waals surface area contributed by atoms with Crippen LogP contribution in [0, 0.1) is 11.7 Å². The second kappa shape index (κ2) is 8.81. The predicted octanol–water partition coefficient (Wildman–Crippen LogP) is 3.89. The van der Waals surface area contributed by atoms with Crippen molar-refractivity contribution in [3.8, 4) is 0 Å². The number of benzene rings is 2. The molecule has 4 nitrogen and oxygen atoms in total. The lowest BCUT2D eigenvalue weighted by Crippen LogP contribution is -2.50. The molecule has 0 aliphatic rings. The number of rotatable bonds is 6. The van der Waals surface area contributed by atoms with Gasteiger partial charge in [-0.1, -0.05) is 55.8 Å². The van der Waals surface area contributed by atoms with Gasteiger partial charge in [0.05, 0.1) is 10.6 Å². The molecular weight excluding hydrogens is 355 g/mol. The highest BCUT2D eigenvalue weighted by molar-refractivity contribution is 6.33. The molecule has 0 saturated carbocycles. The molecule has 0 bridgehead atoms. The van der Waals surface area contributed by atoms with E-state index in [0.29, 0.717) is 16.1 Å². The Kier molecular flexibility index (Phi) is 6.75. The van der Waals surface area contributed by atoms with Crippen LogP contribution in [0.4, 0.5) is 4.39 Å². The number of likely N-dealkylation sites (N-methyl/N-ethyl adjacent to an activating group) is 1. The summed E-state index contributed by atoms with van der Waals surface area (Å²) in [5, 5.41) is 3.07. The number of amides is 2. The molecule has 0 aliphatic carbocycles. The van der Waals surface area contributed by atoms with E-state index in [-0.39, 0.29) is 24.2 Å². The monoisotopic (exact) mass is 376 g/mol. The summed E-state index contributed by atoms with van der Waals surface area (Å²) in [6.45, 7) is 3.80. The van der Waals surface area contributed by atoms with E-state index in [1.807, 2.05) is 13.8 Å². The first-order valence-corrected chi connectivity index (χ1v) is 8.72. The van der Waals surface area contributed by atoms with Gasteiger partial charge >= 0.3 is 0 Å². The molecule has 2 amide bonds. The third-order valence-electron chi connectivity index (χ3n) is 4.08. The second-order valence-electron chi connectivity index (χ2n) is 6.46. The molecule has 2 rings (SSSR count). The molecule has 0 radical (unpaired) electrons. The molecule has 2 aromatic rings. The average Bonchev–Trinajstić information content (AvgIpc) is 2.61. The van der Waals surface area contributed by atoms with E-state index in [1.54, 1.807) is 49.5 Å². The molecule has 0 fully saturated rings. The van der Waals surface area contributed by atoms with Gasteiger partial charge in [-0.15, -0.1) is 0 Å². The van der Waals surface area contributed by atoms with Crippen molar-refractivity contribution in [3.63, 3.8) is 0 Å². The van der Waals surface area contributed by atoms with E-state index in [4.69, 9.17) is 11.6 Å². The highest BCUT2D eigenvalue weighted by Crippen LogP contribution is 2.17. The number of halogens is 2. The maximum atomic E-state index is 13.8. The Morgan fingerprint density at radius 2 is 1.73 bits per heavy atom. The Morgan fingerprint density at radius 3 is 2.35 bits per heavy atom. The Hall–Kier alpha value is -2.40. The van der Waals surface area contributed by atoms with E-state index in [0.717, 1.165) is 0 Å². The van der Waals surface area contributed by atoms with Gasteiger partial charge in [0.15, 0.2) is 0 Å². The predicted molar refractivity (Wildman–Crippen MR) is 100 cm³/mol. The zero-order valence-electron chi connectivity index (χ0n) is 15.0. The zero-order valence-corrected chi connectivity index (χ0v) is 15.8. The molecule has 6 heteroatoms. The fourth-order valence-electron chi connectivity index (χ4n) is 2.58. The van der Waals surface area contributed by atoms with Gasteiger partial charge in [0.1, 0.15) is 11.9 Å². The summed E-state index contributed by atoms with van der Waals surface area (Å²) < 4.78 is 13.8. The maximum Gasteiger partial charge on any atom is 0.253 e. The Balaban J connectivity index is 2.13. The van der Waals surface area contributed by atoms with Gasteiger partial charge in [-0.3, -0.25) is 9.59 Å². The van der Waals surface area contributed by atoms with Crippen molar-refractivity contribution in [2.24, 2.45) is 5.92 Å². The van der Waals surface area contributed by atoms with Crippen molar-refractivity contribution in [2.75, 3.05) is 7.05 Å². The van der Waals surface area contributed by atoms with Crippen LogP contribution in [0.2, 0.25) is 5.02 Å². The van der Waals surface area contributed by atoms with Gasteiger partial charge in [-0.2, -0.15) is 0 Å². The number of nitrogens with one attached hydrogen (secondary N) is 1. The topological polar surface area (TPSA) is 49.4 Å². The molecule has 138 valence electrons. The second-order valence-corrected chi connectivity index (χ2v) is 6.87. The van der Waals surface area contributed by atoms with Crippen LogP contribution in [0.25, 0.3) is 0 Å². The quantitative estimate of drug-likeness (QED) is 0.831. The molecule has 0 saturated heterocycles. The minimum atomic E-state index is -0.740. The lowest BCUT2D eigenvalue weighted by Gasteiger charge is -2.27. The molecular formula is C20H22ClFN2O2. The lowest BCUT2D eigenvalue weighted by atomic mass is 10.0. The van der Waals surface area contributed by atoms with Gasteiger partial charge in [-0.05, 0) is 24.1 Å². The Bertz CT molecular complexity index is 795. The number of carbonyl (C=O) groups is 2. The highest BCUT2D eigenvalue weighted by atomic mass is 35.5. The van der Waals surface area contributed by atoms with E-state index in [1.165, 1.54) is 11.0 Å². The largest absolute Gasteiger partial charge is 0.340 e. The lowest BCUT2D eigenvalue weighted by molar-refractivity contribution is -0.133. The zero-order chi connectivity index (χ0) is 19.3. The van der Waals surface area contributed by atoms with Gasteiger partial charge in [0.2, 0.25) is 5.91 Å². The van der Waals surface area contributed by atoms with Crippen LogP contribution in [-0.2, 0) is 11.3 Å². The van der Waals surface area contributed by atoms with Crippen molar-refractivity contribution in [2.45, 2.75) is 26.4 Å². The van der Waals surface area contributed by atoms with Gasteiger partial charge < -0.3 is 10.2 Å². The highest BCUT2D eigenvalue weighted by Gasteiger charge is 2.28. The number of nitrogens with zero attached hydrogens (tertiary/aromatic N) is 1. The van der Waals surface area contributed by atoms with Crippen molar-refractivity contribution in [1.29, 1.82) is 0 Å². The molecule has 0 spiro atoms. The van der Waals surface area contributed by atoms with E-state index in [9.17, 15) is 14.0 Å². The summed E-state index contributed by atoms with van der Waals surface area (Å²) in [6.07, 6.45) is 0. The van der Waals surface area contributed by atoms with Gasteiger partial charge in [-0.25, -0.2) is 4.39 Å². The average molecular weight is 377 g/mol.